The second-order valence-electron chi connectivity index (χ2n) is 16.4. The first-order valence-electron chi connectivity index (χ1n) is 21.0. The van der Waals surface area contributed by atoms with Gasteiger partial charge in [-0.2, -0.15) is 0 Å². The molecule has 0 saturated carbocycles. The Kier molecular flexibility index (Phi) is 32.8. The standard InChI is InChI=1S/C42H90N2/c1-7-9-11-13-15-17-19-21-23-25-27-29-31-35-39-43(3,4)41-37-33-34-38-42-44(5,6)40-36-32-30-28-26-24-22-20-18-16-14-12-10-8-2/h7-42H2,1-6H3/q+2. The molecule has 0 N–H and O–H groups in total. The van der Waals surface area contributed by atoms with Crippen LogP contribution in [0.3, 0.4) is 0 Å². The van der Waals surface area contributed by atoms with E-state index in [1.807, 2.05) is 0 Å². The molecule has 0 rings (SSSR count). The van der Waals surface area contributed by atoms with Crippen LogP contribution in [0.15, 0.2) is 0 Å². The van der Waals surface area contributed by atoms with Crippen LogP contribution in [0, 0.1) is 0 Å². The zero-order valence-corrected chi connectivity index (χ0v) is 32.4. The number of nitrogens with zero attached hydrogens (tertiary/aromatic N) is 2. The van der Waals surface area contributed by atoms with Crippen LogP contribution >= 0.6 is 0 Å². The maximum absolute atomic E-state index is 2.47. The van der Waals surface area contributed by atoms with Crippen molar-refractivity contribution in [2.45, 2.75) is 219 Å². The molecular formula is C42H90N2+2. The highest BCUT2D eigenvalue weighted by molar-refractivity contribution is 4.52. The fourth-order valence-electron chi connectivity index (χ4n) is 7.13. The van der Waals surface area contributed by atoms with E-state index in [0.29, 0.717) is 0 Å². The lowest BCUT2D eigenvalue weighted by Gasteiger charge is -2.31. The lowest BCUT2D eigenvalue weighted by molar-refractivity contribution is -0.891. The molecule has 44 heavy (non-hydrogen) atoms. The fraction of sp³-hybridized carbons (Fsp3) is 1.00. The van der Waals surface area contributed by atoms with Crippen molar-refractivity contribution >= 4 is 0 Å². The summed E-state index contributed by atoms with van der Waals surface area (Å²) in [5.41, 5.74) is 0. The Morgan fingerprint density at radius 1 is 0.205 bits per heavy atom. The highest BCUT2D eigenvalue weighted by Gasteiger charge is 2.15. The van der Waals surface area contributed by atoms with E-state index in [0.717, 1.165) is 0 Å². The molecule has 0 unspecified atom stereocenters. The summed E-state index contributed by atoms with van der Waals surface area (Å²) in [6.07, 6.45) is 46.5. The van der Waals surface area contributed by atoms with Crippen molar-refractivity contribution in [3.63, 3.8) is 0 Å². The number of rotatable bonds is 37. The maximum atomic E-state index is 2.47. The van der Waals surface area contributed by atoms with Crippen molar-refractivity contribution in [2.24, 2.45) is 0 Å². The van der Waals surface area contributed by atoms with E-state index in [1.165, 1.54) is 241 Å². The second kappa shape index (κ2) is 32.8. The highest BCUT2D eigenvalue weighted by Crippen LogP contribution is 2.16. The third-order valence-electron chi connectivity index (χ3n) is 10.5. The number of hydrogen-bond acceptors (Lipinski definition) is 0. The molecule has 2 heteroatoms. The lowest BCUT2D eigenvalue weighted by Crippen LogP contribution is -2.41. The molecule has 2 nitrogen and oxygen atoms in total. The van der Waals surface area contributed by atoms with Gasteiger partial charge in [0, 0.05) is 0 Å². The molecule has 0 aromatic rings. The third kappa shape index (κ3) is 34.8. The fourth-order valence-corrected chi connectivity index (χ4v) is 7.13. The van der Waals surface area contributed by atoms with Crippen molar-refractivity contribution in [2.75, 3.05) is 54.4 Å². The minimum atomic E-state index is 1.24. The van der Waals surface area contributed by atoms with E-state index in [-0.39, 0.29) is 0 Å². The Hall–Kier alpha value is -0.0800. The first kappa shape index (κ1) is 43.9. The van der Waals surface area contributed by atoms with Gasteiger partial charge in [0.05, 0.1) is 54.4 Å². The van der Waals surface area contributed by atoms with Gasteiger partial charge in [-0.3, -0.25) is 0 Å². The predicted octanol–water partition coefficient (Wildman–Crippen LogP) is 13.7. The van der Waals surface area contributed by atoms with Gasteiger partial charge in [0.25, 0.3) is 0 Å². The van der Waals surface area contributed by atoms with Crippen LogP contribution in [0.4, 0.5) is 0 Å². The van der Waals surface area contributed by atoms with Gasteiger partial charge >= 0.3 is 0 Å². The molecule has 0 amide bonds. The first-order valence-corrected chi connectivity index (χ1v) is 21.0. The molecule has 266 valence electrons. The van der Waals surface area contributed by atoms with Gasteiger partial charge in [-0.15, -0.1) is 0 Å². The van der Waals surface area contributed by atoms with Crippen LogP contribution in [-0.4, -0.2) is 63.3 Å². The van der Waals surface area contributed by atoms with E-state index in [2.05, 4.69) is 42.0 Å². The normalized spacial score (nSPS) is 12.4. The molecule has 0 bridgehead atoms. The summed E-state index contributed by atoms with van der Waals surface area (Å²) in [5, 5.41) is 0. The Balaban J connectivity index is 3.47. The molecule has 0 atom stereocenters. The Morgan fingerprint density at radius 3 is 0.500 bits per heavy atom. The zero-order valence-electron chi connectivity index (χ0n) is 32.4. The van der Waals surface area contributed by atoms with E-state index in [1.54, 1.807) is 0 Å². The van der Waals surface area contributed by atoms with E-state index < -0.39 is 0 Å². The van der Waals surface area contributed by atoms with Crippen molar-refractivity contribution in [3.05, 3.63) is 0 Å². The van der Waals surface area contributed by atoms with Crippen LogP contribution in [0.1, 0.15) is 219 Å². The zero-order chi connectivity index (χ0) is 32.5. The molecular weight excluding hydrogens is 532 g/mol. The summed E-state index contributed by atoms with van der Waals surface area (Å²) in [5.74, 6) is 0. The van der Waals surface area contributed by atoms with Crippen LogP contribution < -0.4 is 0 Å². The molecule has 0 heterocycles. The van der Waals surface area contributed by atoms with E-state index in [9.17, 15) is 0 Å². The van der Waals surface area contributed by atoms with Crippen LogP contribution in [0.25, 0.3) is 0 Å². The van der Waals surface area contributed by atoms with Crippen molar-refractivity contribution in [1.29, 1.82) is 0 Å². The van der Waals surface area contributed by atoms with E-state index in [4.69, 9.17) is 0 Å². The minimum absolute atomic E-state index is 1.24. The molecule has 0 aliphatic rings. The van der Waals surface area contributed by atoms with Crippen molar-refractivity contribution in [1.82, 2.24) is 0 Å². The summed E-state index contributed by atoms with van der Waals surface area (Å²) in [7, 11) is 9.88. The monoisotopic (exact) mass is 623 g/mol. The van der Waals surface area contributed by atoms with Crippen LogP contribution in [0.5, 0.6) is 0 Å². The first-order chi connectivity index (χ1) is 21.3. The summed E-state index contributed by atoms with van der Waals surface area (Å²) in [4.78, 5) is 0. The number of quaternary nitrogens is 2. The average molecular weight is 623 g/mol. The van der Waals surface area contributed by atoms with Crippen LogP contribution in [-0.2, 0) is 0 Å². The molecule has 0 saturated heterocycles. The Bertz CT molecular complexity index is 492. The van der Waals surface area contributed by atoms with Gasteiger partial charge < -0.3 is 8.97 Å². The predicted molar refractivity (Wildman–Crippen MR) is 203 cm³/mol. The van der Waals surface area contributed by atoms with Gasteiger partial charge in [-0.05, 0) is 51.4 Å². The quantitative estimate of drug-likeness (QED) is 0.0477. The Labute approximate surface area is 282 Å². The van der Waals surface area contributed by atoms with E-state index >= 15 is 0 Å². The van der Waals surface area contributed by atoms with Crippen molar-refractivity contribution < 1.29 is 8.97 Å². The van der Waals surface area contributed by atoms with Gasteiger partial charge in [0.2, 0.25) is 0 Å². The summed E-state index contributed by atoms with van der Waals surface area (Å²) < 4.78 is 2.47. The minimum Gasteiger partial charge on any atom is -0.328 e. The molecule has 0 aliphatic heterocycles. The highest BCUT2D eigenvalue weighted by atomic mass is 15.3. The lowest BCUT2D eigenvalue weighted by atomic mass is 10.0. The number of unbranched alkanes of at least 4 members (excludes halogenated alkanes) is 29. The summed E-state index contributed by atoms with van der Waals surface area (Å²) >= 11 is 0. The molecule has 0 radical (unpaired) electrons. The average Bonchev–Trinajstić information content (AvgIpc) is 2.99. The summed E-state index contributed by atoms with van der Waals surface area (Å²) in [6, 6.07) is 0. The van der Waals surface area contributed by atoms with Crippen LogP contribution in [0.2, 0.25) is 0 Å². The maximum Gasteiger partial charge on any atom is 0.0782 e. The van der Waals surface area contributed by atoms with Gasteiger partial charge in [0.15, 0.2) is 0 Å². The third-order valence-corrected chi connectivity index (χ3v) is 10.5. The van der Waals surface area contributed by atoms with Crippen molar-refractivity contribution in [3.8, 4) is 0 Å². The number of hydrogen-bond donors (Lipinski definition) is 0. The van der Waals surface area contributed by atoms with Gasteiger partial charge in [-0.1, -0.05) is 168 Å². The molecule has 0 aromatic heterocycles. The molecule has 0 aliphatic carbocycles. The second-order valence-corrected chi connectivity index (χ2v) is 16.4. The Morgan fingerprint density at radius 2 is 0.341 bits per heavy atom. The topological polar surface area (TPSA) is 0 Å². The molecule has 0 aromatic carbocycles. The van der Waals surface area contributed by atoms with Gasteiger partial charge in [0.1, 0.15) is 0 Å². The summed E-state index contributed by atoms with van der Waals surface area (Å²) in [6.45, 7) is 10.1. The smallest absolute Gasteiger partial charge is 0.0782 e. The largest absolute Gasteiger partial charge is 0.328 e. The SMILES string of the molecule is CCCCCCCCCCCCCCCC[N+](C)(C)CCCCCC[N+](C)(C)CCCCCCCCCCCCCCCC. The van der Waals surface area contributed by atoms with Gasteiger partial charge in [-0.25, -0.2) is 0 Å². The molecule has 0 fully saturated rings. The molecule has 0 spiro atoms.